The van der Waals surface area contributed by atoms with Gasteiger partial charge in [0, 0.05) is 30.6 Å². The fraction of sp³-hybridized carbons (Fsp3) is 0.389. The van der Waals surface area contributed by atoms with E-state index in [1.165, 1.54) is 6.33 Å². The Morgan fingerprint density at radius 3 is 2.92 bits per heavy atom. The van der Waals surface area contributed by atoms with Gasteiger partial charge in [0.2, 0.25) is 0 Å². The van der Waals surface area contributed by atoms with Gasteiger partial charge in [-0.15, -0.1) is 0 Å². The molecule has 0 fully saturated rings. The first-order chi connectivity index (χ1) is 12.8. The van der Waals surface area contributed by atoms with Crippen LogP contribution in [0.4, 0.5) is 11.6 Å². The van der Waals surface area contributed by atoms with Crippen LogP contribution in [0.15, 0.2) is 36.8 Å². The second-order valence-electron chi connectivity index (χ2n) is 5.86. The zero-order chi connectivity index (χ0) is 18.2. The summed E-state index contributed by atoms with van der Waals surface area (Å²) in [6.45, 7) is 5.44. The van der Waals surface area contributed by atoms with E-state index in [1.807, 2.05) is 24.3 Å². The quantitative estimate of drug-likeness (QED) is 0.479. The highest BCUT2D eigenvalue weighted by atomic mass is 16.5. The van der Waals surface area contributed by atoms with Crippen molar-refractivity contribution in [1.82, 2.24) is 25.1 Å². The number of benzene rings is 1. The largest absolute Gasteiger partial charge is 0.493 e. The minimum absolute atomic E-state index is 0.188. The Hall–Kier alpha value is -2.71. The number of aromatic nitrogens is 4. The number of fused-ring (bicyclic) bond motifs is 1. The molecule has 0 spiro atoms. The predicted octanol–water partition coefficient (Wildman–Crippen LogP) is 2.18. The highest BCUT2D eigenvalue weighted by Gasteiger charge is 2.07. The molecule has 0 saturated heterocycles. The van der Waals surface area contributed by atoms with Gasteiger partial charge in [-0.3, -0.25) is 5.10 Å². The molecule has 8 nitrogen and oxygen atoms in total. The molecule has 3 N–H and O–H groups in total. The molecule has 0 amide bonds. The smallest absolute Gasteiger partial charge is 0.142 e. The molecule has 2 aromatic heterocycles. The van der Waals surface area contributed by atoms with E-state index >= 15 is 0 Å². The van der Waals surface area contributed by atoms with E-state index in [1.54, 1.807) is 6.20 Å². The van der Waals surface area contributed by atoms with E-state index in [-0.39, 0.29) is 6.61 Å². The van der Waals surface area contributed by atoms with Crippen molar-refractivity contribution in [2.24, 2.45) is 0 Å². The Morgan fingerprint density at radius 1 is 1.23 bits per heavy atom. The molecule has 0 bridgehead atoms. The topological polar surface area (TPSA) is 99.2 Å². The molecule has 8 heteroatoms. The fourth-order valence-corrected chi connectivity index (χ4v) is 2.73. The Kier molecular flexibility index (Phi) is 6.34. The maximum absolute atomic E-state index is 9.01. The molecule has 0 aliphatic carbocycles. The Balaban J connectivity index is 1.61. The van der Waals surface area contributed by atoms with Gasteiger partial charge in [-0.05, 0) is 25.1 Å². The van der Waals surface area contributed by atoms with E-state index < -0.39 is 0 Å². The summed E-state index contributed by atoms with van der Waals surface area (Å²) in [4.78, 5) is 10.8. The highest BCUT2D eigenvalue weighted by Crippen LogP contribution is 2.25. The van der Waals surface area contributed by atoms with E-state index in [2.05, 4.69) is 37.3 Å². The van der Waals surface area contributed by atoms with Gasteiger partial charge in [0.25, 0.3) is 0 Å². The van der Waals surface area contributed by atoms with Crippen LogP contribution < -0.4 is 10.1 Å². The summed E-state index contributed by atoms with van der Waals surface area (Å²) >= 11 is 0. The predicted molar refractivity (Wildman–Crippen MR) is 101 cm³/mol. The lowest BCUT2D eigenvalue weighted by molar-refractivity contribution is 0.189. The van der Waals surface area contributed by atoms with Gasteiger partial charge >= 0.3 is 0 Å². The zero-order valence-electron chi connectivity index (χ0n) is 14.9. The van der Waals surface area contributed by atoms with Crippen LogP contribution >= 0.6 is 0 Å². The Morgan fingerprint density at radius 2 is 2.15 bits per heavy atom. The third-order valence-corrected chi connectivity index (χ3v) is 4.11. The van der Waals surface area contributed by atoms with Crippen LogP contribution in [0.5, 0.6) is 5.75 Å². The van der Waals surface area contributed by atoms with E-state index in [0.29, 0.717) is 19.0 Å². The van der Waals surface area contributed by atoms with Crippen LogP contribution in [0.2, 0.25) is 0 Å². The van der Waals surface area contributed by atoms with Crippen LogP contribution in [-0.4, -0.2) is 63.0 Å². The number of rotatable bonds is 10. The molecular weight excluding hydrogens is 332 g/mol. The number of aromatic amines is 1. The van der Waals surface area contributed by atoms with Crippen molar-refractivity contribution in [1.29, 1.82) is 0 Å². The maximum atomic E-state index is 9.01. The average molecular weight is 356 g/mol. The lowest BCUT2D eigenvalue weighted by atomic mass is 10.2. The first kappa shape index (κ1) is 18.1. The number of hydrogen-bond acceptors (Lipinski definition) is 7. The lowest BCUT2D eigenvalue weighted by Crippen LogP contribution is -2.28. The molecule has 138 valence electrons. The minimum atomic E-state index is 0.188. The van der Waals surface area contributed by atoms with Gasteiger partial charge in [-0.2, -0.15) is 5.10 Å². The molecule has 26 heavy (non-hydrogen) atoms. The number of H-pyrrole nitrogens is 1. The summed E-state index contributed by atoms with van der Waals surface area (Å²) in [5.41, 5.74) is 0.815. The number of nitrogens with zero attached hydrogens (tertiary/aromatic N) is 4. The SMILES string of the molecule is CCN(CCO)CCCOc1ccc2c(Nc3ccn[nH]3)ncnc2c1. The van der Waals surface area contributed by atoms with Crippen LogP contribution in [0, 0.1) is 0 Å². The van der Waals surface area contributed by atoms with Crippen LogP contribution in [0.25, 0.3) is 10.9 Å². The second kappa shape index (κ2) is 9.12. The molecule has 0 unspecified atom stereocenters. The molecule has 3 aromatic rings. The summed E-state index contributed by atoms with van der Waals surface area (Å²) in [7, 11) is 0. The van der Waals surface area contributed by atoms with Crippen LogP contribution in [0.3, 0.4) is 0 Å². The molecule has 0 atom stereocenters. The number of anilines is 2. The molecule has 3 rings (SSSR count). The summed E-state index contributed by atoms with van der Waals surface area (Å²) in [6.07, 6.45) is 4.11. The summed E-state index contributed by atoms with van der Waals surface area (Å²) in [5.74, 6) is 2.27. The minimum Gasteiger partial charge on any atom is -0.493 e. The first-order valence-electron chi connectivity index (χ1n) is 8.77. The first-order valence-corrected chi connectivity index (χ1v) is 8.77. The van der Waals surface area contributed by atoms with Crippen molar-refractivity contribution >= 4 is 22.5 Å². The van der Waals surface area contributed by atoms with Gasteiger partial charge in [-0.25, -0.2) is 9.97 Å². The van der Waals surface area contributed by atoms with Crippen LogP contribution in [0.1, 0.15) is 13.3 Å². The van der Waals surface area contributed by atoms with Gasteiger partial charge in [0.05, 0.1) is 24.9 Å². The van der Waals surface area contributed by atoms with Crippen molar-refractivity contribution < 1.29 is 9.84 Å². The summed E-state index contributed by atoms with van der Waals surface area (Å²) < 4.78 is 5.85. The molecular formula is C18H24N6O2. The van der Waals surface area contributed by atoms with Crippen molar-refractivity contribution in [2.75, 3.05) is 38.2 Å². The number of nitrogens with one attached hydrogen (secondary N) is 2. The van der Waals surface area contributed by atoms with Crippen molar-refractivity contribution in [3.63, 3.8) is 0 Å². The van der Waals surface area contributed by atoms with Gasteiger partial charge < -0.3 is 20.1 Å². The van der Waals surface area contributed by atoms with Crippen molar-refractivity contribution in [3.05, 3.63) is 36.8 Å². The molecule has 0 saturated carbocycles. The molecule has 1 aromatic carbocycles. The maximum Gasteiger partial charge on any atom is 0.142 e. The summed E-state index contributed by atoms with van der Waals surface area (Å²) in [5, 5.41) is 19.9. The number of likely N-dealkylation sites (N-methyl/N-ethyl adjacent to an activating group) is 1. The number of aliphatic hydroxyl groups is 1. The summed E-state index contributed by atoms with van der Waals surface area (Å²) in [6, 6.07) is 7.63. The average Bonchev–Trinajstić information content (AvgIpc) is 3.17. The molecule has 2 heterocycles. The van der Waals surface area contributed by atoms with Crippen molar-refractivity contribution in [2.45, 2.75) is 13.3 Å². The monoisotopic (exact) mass is 356 g/mol. The number of hydrogen-bond donors (Lipinski definition) is 3. The Bertz CT molecular complexity index is 809. The van der Waals surface area contributed by atoms with Gasteiger partial charge in [0.1, 0.15) is 23.7 Å². The van der Waals surface area contributed by atoms with Gasteiger partial charge in [0.15, 0.2) is 0 Å². The molecule has 0 aliphatic heterocycles. The number of aliphatic hydroxyl groups excluding tert-OH is 1. The second-order valence-corrected chi connectivity index (χ2v) is 5.86. The normalized spacial score (nSPS) is 11.2. The fourth-order valence-electron chi connectivity index (χ4n) is 2.73. The van der Waals surface area contributed by atoms with E-state index in [4.69, 9.17) is 9.84 Å². The van der Waals surface area contributed by atoms with E-state index in [9.17, 15) is 0 Å². The Labute approximate surface area is 152 Å². The zero-order valence-corrected chi connectivity index (χ0v) is 14.9. The standard InChI is InChI=1S/C18H24N6O2/c1-2-24(9-10-25)8-3-11-26-14-4-5-15-16(12-14)19-13-20-18(15)22-17-6-7-21-23-17/h4-7,12-13,25H,2-3,8-11H2,1H3,(H2,19,20,21,22,23). The molecule has 0 aliphatic rings. The highest BCUT2D eigenvalue weighted by molar-refractivity contribution is 5.91. The lowest BCUT2D eigenvalue weighted by Gasteiger charge is -2.18. The van der Waals surface area contributed by atoms with Gasteiger partial charge in [-0.1, -0.05) is 6.92 Å². The van der Waals surface area contributed by atoms with Crippen LogP contribution in [-0.2, 0) is 0 Å². The number of ether oxygens (including phenoxy) is 1. The van der Waals surface area contributed by atoms with E-state index in [0.717, 1.165) is 42.0 Å². The molecule has 0 radical (unpaired) electrons. The van der Waals surface area contributed by atoms with Crippen molar-refractivity contribution in [3.8, 4) is 5.75 Å². The third-order valence-electron chi connectivity index (χ3n) is 4.11. The third kappa shape index (κ3) is 4.68.